The molecule has 0 saturated carbocycles. The average Bonchev–Trinajstić information content (AvgIpc) is 3.24. The monoisotopic (exact) mass is 483 g/mol. The van der Waals surface area contributed by atoms with Crippen LogP contribution >= 0.6 is 11.3 Å². The number of carbonyl (C=O) groups excluding carboxylic acids is 1. The Balaban J connectivity index is 1.53. The van der Waals surface area contributed by atoms with Crippen LogP contribution in [0, 0.1) is 22.7 Å². The van der Waals surface area contributed by atoms with Crippen LogP contribution in [-0.2, 0) is 24.2 Å². The number of nitrogens with zero attached hydrogens (tertiary/aromatic N) is 2. The van der Waals surface area contributed by atoms with E-state index in [9.17, 15) is 15.3 Å². The molecule has 0 radical (unpaired) electrons. The predicted octanol–water partition coefficient (Wildman–Crippen LogP) is 6.02. The maximum atomic E-state index is 12.9. The summed E-state index contributed by atoms with van der Waals surface area (Å²) in [6.45, 7) is 2.72. The molecule has 4 rings (SSSR count). The number of rotatable bonds is 8. The van der Waals surface area contributed by atoms with Gasteiger partial charge < -0.3 is 14.8 Å². The molecule has 1 aliphatic carbocycles. The topological polar surface area (TPSA) is 95.1 Å². The molecule has 0 fully saturated rings. The van der Waals surface area contributed by atoms with Gasteiger partial charge in [-0.05, 0) is 67.5 Å². The van der Waals surface area contributed by atoms with Gasteiger partial charge in [0.2, 0.25) is 0 Å². The highest BCUT2D eigenvalue weighted by Gasteiger charge is 2.22. The molecule has 1 heterocycles. The van der Waals surface area contributed by atoms with Crippen molar-refractivity contribution in [2.24, 2.45) is 0 Å². The van der Waals surface area contributed by atoms with Crippen molar-refractivity contribution in [3.63, 3.8) is 0 Å². The van der Waals surface area contributed by atoms with Gasteiger partial charge in [-0.1, -0.05) is 36.4 Å². The molecule has 1 amide bonds. The van der Waals surface area contributed by atoms with Gasteiger partial charge >= 0.3 is 0 Å². The van der Waals surface area contributed by atoms with Crippen LogP contribution in [0.1, 0.15) is 46.9 Å². The highest BCUT2D eigenvalue weighted by Crippen LogP contribution is 2.38. The first kappa shape index (κ1) is 24.1. The number of anilines is 1. The Morgan fingerprint density at radius 1 is 1.09 bits per heavy atom. The van der Waals surface area contributed by atoms with E-state index >= 15 is 0 Å². The molecule has 2 aromatic carbocycles. The molecule has 0 bridgehead atoms. The van der Waals surface area contributed by atoms with E-state index in [4.69, 9.17) is 9.47 Å². The molecule has 6 nitrogen and oxygen atoms in total. The van der Waals surface area contributed by atoms with Gasteiger partial charge in [-0.25, -0.2) is 0 Å². The Bertz CT molecular complexity index is 1330. The van der Waals surface area contributed by atoms with Gasteiger partial charge in [0.05, 0.1) is 12.2 Å². The van der Waals surface area contributed by atoms with E-state index < -0.39 is 5.91 Å². The third-order valence-corrected chi connectivity index (χ3v) is 6.90. The molecule has 3 aromatic rings. The number of hydrogen-bond donors (Lipinski definition) is 1. The van der Waals surface area contributed by atoms with E-state index in [0.29, 0.717) is 40.8 Å². The molecule has 0 unspecified atom stereocenters. The summed E-state index contributed by atoms with van der Waals surface area (Å²) >= 11 is 1.44. The molecule has 176 valence electrons. The number of thiophene rings is 1. The molecule has 0 saturated heterocycles. The number of aryl methyl sites for hydroxylation is 1. The third kappa shape index (κ3) is 5.71. The number of ether oxygens (including phenoxy) is 2. The van der Waals surface area contributed by atoms with Crippen LogP contribution in [0.3, 0.4) is 0 Å². The van der Waals surface area contributed by atoms with Crippen LogP contribution in [0.5, 0.6) is 11.5 Å². The van der Waals surface area contributed by atoms with Crippen LogP contribution in [0.25, 0.3) is 6.08 Å². The minimum absolute atomic E-state index is 0.0549. The second-order valence-electron chi connectivity index (χ2n) is 8.06. The second kappa shape index (κ2) is 11.4. The number of nitriles is 2. The van der Waals surface area contributed by atoms with Crippen molar-refractivity contribution in [1.82, 2.24) is 0 Å². The normalized spacial score (nSPS) is 12.7. The SMILES string of the molecule is CCOc1cc(/C=C(\C#N)C(=O)Nc2sc3c(c2C#N)CCCC3)ccc1OCc1ccccc1. The van der Waals surface area contributed by atoms with Crippen LogP contribution in [0.4, 0.5) is 5.00 Å². The number of nitrogens with one attached hydrogen (secondary N) is 1. The summed E-state index contributed by atoms with van der Waals surface area (Å²) in [5.74, 6) is 0.580. The second-order valence-corrected chi connectivity index (χ2v) is 9.17. The number of carbonyl (C=O) groups is 1. The lowest BCUT2D eigenvalue weighted by molar-refractivity contribution is -0.112. The highest BCUT2D eigenvalue weighted by atomic mass is 32.1. The van der Waals surface area contributed by atoms with Gasteiger partial charge in [0.1, 0.15) is 29.3 Å². The van der Waals surface area contributed by atoms with Gasteiger partial charge in [0, 0.05) is 4.88 Å². The van der Waals surface area contributed by atoms with Gasteiger partial charge in [-0.15, -0.1) is 11.3 Å². The van der Waals surface area contributed by atoms with Gasteiger partial charge in [0.25, 0.3) is 5.91 Å². The first-order valence-electron chi connectivity index (χ1n) is 11.5. The summed E-state index contributed by atoms with van der Waals surface area (Å²) in [6, 6.07) is 19.3. The fraction of sp³-hybridized carbons (Fsp3) is 0.250. The van der Waals surface area contributed by atoms with E-state index in [1.54, 1.807) is 18.2 Å². The minimum Gasteiger partial charge on any atom is -0.490 e. The van der Waals surface area contributed by atoms with E-state index in [1.807, 2.05) is 43.3 Å². The molecular formula is C28H25N3O3S. The fourth-order valence-electron chi connectivity index (χ4n) is 4.00. The van der Waals surface area contributed by atoms with Crippen molar-refractivity contribution < 1.29 is 14.3 Å². The Morgan fingerprint density at radius 3 is 2.63 bits per heavy atom. The average molecular weight is 484 g/mol. The van der Waals surface area contributed by atoms with E-state index in [1.165, 1.54) is 17.4 Å². The quantitative estimate of drug-likeness (QED) is 0.312. The lowest BCUT2D eigenvalue weighted by Crippen LogP contribution is -2.13. The smallest absolute Gasteiger partial charge is 0.266 e. The van der Waals surface area contributed by atoms with Crippen LogP contribution in [-0.4, -0.2) is 12.5 Å². The summed E-state index contributed by atoms with van der Waals surface area (Å²) < 4.78 is 11.7. The molecule has 1 N–H and O–H groups in total. The summed E-state index contributed by atoms with van der Waals surface area (Å²) in [5, 5.41) is 22.6. The zero-order valence-corrected chi connectivity index (χ0v) is 20.3. The Labute approximate surface area is 209 Å². The number of fused-ring (bicyclic) bond motifs is 1. The van der Waals surface area contributed by atoms with Crippen molar-refractivity contribution in [2.75, 3.05) is 11.9 Å². The standard InChI is InChI=1S/C28H25N3O3S/c1-2-33-25-15-20(12-13-24(25)34-18-19-8-4-3-5-9-19)14-21(16-29)27(32)31-28-23(17-30)22-10-6-7-11-26(22)35-28/h3-5,8-9,12-15H,2,6-7,10-11,18H2,1H3,(H,31,32)/b21-14+. The van der Waals surface area contributed by atoms with Crippen molar-refractivity contribution >= 4 is 28.3 Å². The summed E-state index contributed by atoms with van der Waals surface area (Å²) in [7, 11) is 0. The van der Waals surface area contributed by atoms with Crippen molar-refractivity contribution in [3.05, 3.63) is 81.2 Å². The van der Waals surface area contributed by atoms with E-state index in [2.05, 4.69) is 11.4 Å². The Morgan fingerprint density at radius 2 is 1.89 bits per heavy atom. The first-order chi connectivity index (χ1) is 17.1. The molecule has 0 atom stereocenters. The first-order valence-corrected chi connectivity index (χ1v) is 12.4. The molecule has 1 aromatic heterocycles. The maximum Gasteiger partial charge on any atom is 0.266 e. The molecule has 35 heavy (non-hydrogen) atoms. The Hall–Kier alpha value is -4.07. The third-order valence-electron chi connectivity index (χ3n) is 5.69. The maximum absolute atomic E-state index is 12.9. The van der Waals surface area contributed by atoms with Crippen molar-refractivity contribution in [1.29, 1.82) is 10.5 Å². The summed E-state index contributed by atoms with van der Waals surface area (Å²) in [4.78, 5) is 14.1. The lowest BCUT2D eigenvalue weighted by Gasteiger charge is -2.13. The van der Waals surface area contributed by atoms with Crippen LogP contribution in [0.15, 0.2) is 54.1 Å². The van der Waals surface area contributed by atoms with Gasteiger partial charge in [0.15, 0.2) is 11.5 Å². The molecular weight excluding hydrogens is 458 g/mol. The molecule has 0 aliphatic heterocycles. The zero-order chi connectivity index (χ0) is 24.6. The van der Waals surface area contributed by atoms with Crippen molar-refractivity contribution in [3.8, 4) is 23.6 Å². The fourth-order valence-corrected chi connectivity index (χ4v) is 5.23. The summed E-state index contributed by atoms with van der Waals surface area (Å²) in [5.41, 5.74) is 3.18. The summed E-state index contributed by atoms with van der Waals surface area (Å²) in [6.07, 6.45) is 5.41. The van der Waals surface area contributed by atoms with Gasteiger partial charge in [-0.3, -0.25) is 4.79 Å². The van der Waals surface area contributed by atoms with Crippen molar-refractivity contribution in [2.45, 2.75) is 39.2 Å². The van der Waals surface area contributed by atoms with E-state index in [-0.39, 0.29) is 5.57 Å². The lowest BCUT2D eigenvalue weighted by atomic mass is 9.96. The predicted molar refractivity (Wildman–Crippen MR) is 136 cm³/mol. The molecule has 7 heteroatoms. The number of amides is 1. The molecule has 0 spiro atoms. The number of benzene rings is 2. The van der Waals surface area contributed by atoms with Gasteiger partial charge in [-0.2, -0.15) is 10.5 Å². The minimum atomic E-state index is -0.537. The largest absolute Gasteiger partial charge is 0.490 e. The van der Waals surface area contributed by atoms with Crippen LogP contribution in [0.2, 0.25) is 0 Å². The van der Waals surface area contributed by atoms with Crippen LogP contribution < -0.4 is 14.8 Å². The zero-order valence-electron chi connectivity index (χ0n) is 19.5. The number of hydrogen-bond acceptors (Lipinski definition) is 6. The van der Waals surface area contributed by atoms with E-state index in [0.717, 1.165) is 41.7 Å². The highest BCUT2D eigenvalue weighted by molar-refractivity contribution is 7.16. The molecule has 1 aliphatic rings. The Kier molecular flexibility index (Phi) is 7.82.